The van der Waals surface area contributed by atoms with E-state index < -0.39 is 6.04 Å². The molecule has 152 valence electrons. The van der Waals surface area contributed by atoms with Gasteiger partial charge < -0.3 is 14.6 Å². The van der Waals surface area contributed by atoms with Crippen LogP contribution in [-0.4, -0.2) is 58.7 Å². The normalized spacial score (nSPS) is 16.4. The number of rotatable bonds is 12. The van der Waals surface area contributed by atoms with E-state index in [0.29, 0.717) is 11.6 Å². The van der Waals surface area contributed by atoms with Gasteiger partial charge in [0.05, 0.1) is 0 Å². The SMILES string of the molecule is CNCCCSc1nnc(C(=O)[C@H](CC(C)C)N(C=O)C2CCCCC2)o1. The minimum atomic E-state index is -0.534. The molecule has 1 saturated carbocycles. The second-order valence-corrected chi connectivity index (χ2v) is 8.58. The van der Waals surface area contributed by atoms with E-state index in [1.165, 1.54) is 18.2 Å². The number of hydrogen-bond donors (Lipinski definition) is 1. The minimum Gasteiger partial charge on any atom is -0.408 e. The van der Waals surface area contributed by atoms with Crippen molar-refractivity contribution in [2.75, 3.05) is 19.3 Å². The van der Waals surface area contributed by atoms with Gasteiger partial charge in [-0.05, 0) is 45.2 Å². The average molecular weight is 397 g/mol. The topological polar surface area (TPSA) is 88.3 Å². The molecule has 1 heterocycles. The molecule has 0 aliphatic heterocycles. The first-order chi connectivity index (χ1) is 13.1. The minimum absolute atomic E-state index is 0.0134. The monoisotopic (exact) mass is 396 g/mol. The summed E-state index contributed by atoms with van der Waals surface area (Å²) in [5, 5.41) is 11.5. The van der Waals surface area contributed by atoms with Crippen molar-refractivity contribution in [3.05, 3.63) is 5.89 Å². The Labute approximate surface area is 166 Å². The first kappa shape index (κ1) is 21.9. The van der Waals surface area contributed by atoms with Crippen LogP contribution in [0.15, 0.2) is 9.64 Å². The number of Topliss-reactive ketones (excluding diaryl/α,β-unsaturated/α-hetero) is 1. The van der Waals surface area contributed by atoms with E-state index in [1.807, 2.05) is 7.05 Å². The third-order valence-electron chi connectivity index (χ3n) is 4.89. The van der Waals surface area contributed by atoms with Crippen LogP contribution < -0.4 is 5.32 Å². The first-order valence-electron chi connectivity index (χ1n) is 9.94. The summed E-state index contributed by atoms with van der Waals surface area (Å²) in [5.41, 5.74) is 0. The number of amides is 1. The highest BCUT2D eigenvalue weighted by atomic mass is 32.2. The fourth-order valence-electron chi connectivity index (χ4n) is 3.52. The summed E-state index contributed by atoms with van der Waals surface area (Å²) in [6.07, 6.45) is 7.73. The highest BCUT2D eigenvalue weighted by Crippen LogP contribution is 2.27. The molecule has 1 aliphatic carbocycles. The van der Waals surface area contributed by atoms with Crippen molar-refractivity contribution in [3.8, 4) is 0 Å². The van der Waals surface area contributed by atoms with Gasteiger partial charge in [0.2, 0.25) is 12.2 Å². The molecule has 1 aliphatic rings. The Morgan fingerprint density at radius 3 is 2.70 bits per heavy atom. The molecule has 8 heteroatoms. The van der Waals surface area contributed by atoms with Crippen LogP contribution >= 0.6 is 11.8 Å². The summed E-state index contributed by atoms with van der Waals surface area (Å²) in [6.45, 7) is 5.03. The second kappa shape index (κ2) is 11.4. The summed E-state index contributed by atoms with van der Waals surface area (Å²) < 4.78 is 5.60. The van der Waals surface area contributed by atoms with E-state index in [-0.39, 0.29) is 23.6 Å². The second-order valence-electron chi connectivity index (χ2n) is 7.53. The molecule has 1 amide bonds. The van der Waals surface area contributed by atoms with Crippen molar-refractivity contribution in [1.82, 2.24) is 20.4 Å². The average Bonchev–Trinajstić information content (AvgIpc) is 3.14. The van der Waals surface area contributed by atoms with E-state index in [2.05, 4.69) is 29.4 Å². The van der Waals surface area contributed by atoms with Crippen LogP contribution in [0.1, 0.15) is 69.5 Å². The van der Waals surface area contributed by atoms with Crippen LogP contribution in [0.5, 0.6) is 0 Å². The number of thioether (sulfide) groups is 1. The third-order valence-corrected chi connectivity index (χ3v) is 5.79. The van der Waals surface area contributed by atoms with Crippen LogP contribution in [0, 0.1) is 5.92 Å². The fourth-order valence-corrected chi connectivity index (χ4v) is 4.22. The maximum Gasteiger partial charge on any atom is 0.286 e. The number of carbonyl (C=O) groups excluding carboxylic acids is 2. The number of nitrogens with one attached hydrogen (secondary N) is 1. The molecule has 1 N–H and O–H groups in total. The Balaban J connectivity index is 2.09. The van der Waals surface area contributed by atoms with Gasteiger partial charge in [0.1, 0.15) is 6.04 Å². The summed E-state index contributed by atoms with van der Waals surface area (Å²) in [4.78, 5) is 26.7. The Morgan fingerprint density at radius 1 is 1.33 bits per heavy atom. The van der Waals surface area contributed by atoms with Crippen LogP contribution in [0.2, 0.25) is 0 Å². The predicted molar refractivity (Wildman–Crippen MR) is 106 cm³/mol. The first-order valence-corrected chi connectivity index (χ1v) is 10.9. The molecule has 0 unspecified atom stereocenters. The van der Waals surface area contributed by atoms with E-state index in [0.717, 1.165) is 50.8 Å². The maximum absolute atomic E-state index is 13.1. The van der Waals surface area contributed by atoms with E-state index in [1.54, 1.807) is 4.90 Å². The third kappa shape index (κ3) is 6.60. The van der Waals surface area contributed by atoms with Crippen molar-refractivity contribution >= 4 is 24.0 Å². The lowest BCUT2D eigenvalue weighted by molar-refractivity contribution is -0.122. The van der Waals surface area contributed by atoms with Crippen LogP contribution in [0.3, 0.4) is 0 Å². The molecular weight excluding hydrogens is 364 g/mol. The van der Waals surface area contributed by atoms with E-state index in [9.17, 15) is 9.59 Å². The molecule has 0 radical (unpaired) electrons. The van der Waals surface area contributed by atoms with Crippen LogP contribution in [0.25, 0.3) is 0 Å². The number of hydrogen-bond acceptors (Lipinski definition) is 7. The van der Waals surface area contributed by atoms with Gasteiger partial charge in [-0.2, -0.15) is 0 Å². The number of aromatic nitrogens is 2. The Hall–Kier alpha value is -1.41. The Morgan fingerprint density at radius 2 is 2.07 bits per heavy atom. The Bertz CT molecular complexity index is 587. The Kier molecular flexibility index (Phi) is 9.27. The van der Waals surface area contributed by atoms with Crippen molar-refractivity contribution in [2.45, 2.75) is 76.1 Å². The van der Waals surface area contributed by atoms with Gasteiger partial charge in [-0.3, -0.25) is 9.59 Å². The van der Waals surface area contributed by atoms with Gasteiger partial charge in [-0.15, -0.1) is 10.2 Å². The van der Waals surface area contributed by atoms with Gasteiger partial charge >= 0.3 is 0 Å². The van der Waals surface area contributed by atoms with Crippen molar-refractivity contribution in [3.63, 3.8) is 0 Å². The standard InChI is InChI=1S/C19H32N4O3S/c1-14(2)12-16(23(13-24)15-8-5-4-6-9-15)17(25)18-21-22-19(26-18)27-11-7-10-20-3/h13-16,20H,4-12H2,1-3H3/t16-/m0/s1. The van der Waals surface area contributed by atoms with E-state index in [4.69, 9.17) is 4.42 Å². The molecule has 0 aromatic carbocycles. The van der Waals surface area contributed by atoms with Crippen LogP contribution in [-0.2, 0) is 4.79 Å². The predicted octanol–water partition coefficient (Wildman–Crippen LogP) is 3.16. The smallest absolute Gasteiger partial charge is 0.286 e. The van der Waals surface area contributed by atoms with Crippen molar-refractivity contribution in [2.24, 2.45) is 5.92 Å². The molecule has 0 bridgehead atoms. The number of carbonyl (C=O) groups is 2. The van der Waals surface area contributed by atoms with E-state index >= 15 is 0 Å². The number of nitrogens with zero attached hydrogens (tertiary/aromatic N) is 3. The quantitative estimate of drug-likeness (QED) is 0.251. The zero-order valence-electron chi connectivity index (χ0n) is 16.6. The lowest BCUT2D eigenvalue weighted by atomic mass is 9.91. The zero-order chi connectivity index (χ0) is 19.6. The van der Waals surface area contributed by atoms with Crippen molar-refractivity contribution < 1.29 is 14.0 Å². The molecular formula is C19H32N4O3S. The molecule has 27 heavy (non-hydrogen) atoms. The van der Waals surface area contributed by atoms with Gasteiger partial charge in [0.25, 0.3) is 11.1 Å². The zero-order valence-corrected chi connectivity index (χ0v) is 17.5. The van der Waals surface area contributed by atoms with Gasteiger partial charge in [-0.25, -0.2) is 0 Å². The summed E-state index contributed by atoms with van der Waals surface area (Å²) in [7, 11) is 1.91. The molecule has 1 aromatic heterocycles. The van der Waals surface area contributed by atoms with Gasteiger partial charge in [0, 0.05) is 11.8 Å². The molecule has 1 aromatic rings. The largest absolute Gasteiger partial charge is 0.408 e. The highest BCUT2D eigenvalue weighted by Gasteiger charge is 2.35. The molecule has 2 rings (SSSR count). The molecule has 7 nitrogen and oxygen atoms in total. The molecule has 0 spiro atoms. The highest BCUT2D eigenvalue weighted by molar-refractivity contribution is 7.99. The molecule has 0 saturated heterocycles. The molecule has 1 fully saturated rings. The lowest BCUT2D eigenvalue weighted by Gasteiger charge is -2.36. The molecule has 1 atom stereocenters. The van der Waals surface area contributed by atoms with Crippen molar-refractivity contribution in [1.29, 1.82) is 0 Å². The van der Waals surface area contributed by atoms with Crippen LogP contribution in [0.4, 0.5) is 0 Å². The number of ketones is 1. The van der Waals surface area contributed by atoms with Gasteiger partial charge in [0.15, 0.2) is 0 Å². The van der Waals surface area contributed by atoms with Gasteiger partial charge in [-0.1, -0.05) is 44.9 Å². The fraction of sp³-hybridized carbons (Fsp3) is 0.789. The summed E-state index contributed by atoms with van der Waals surface area (Å²) >= 11 is 1.45. The summed E-state index contributed by atoms with van der Waals surface area (Å²) in [6, 6.07) is -0.407. The lowest BCUT2D eigenvalue weighted by Crippen LogP contribution is -2.48. The summed E-state index contributed by atoms with van der Waals surface area (Å²) in [5.74, 6) is 0.896. The maximum atomic E-state index is 13.1.